The van der Waals surface area contributed by atoms with Gasteiger partial charge in [-0.05, 0) is 34.9 Å². The molecule has 0 spiro atoms. The number of nitrogens with zero attached hydrogens (tertiary/aromatic N) is 2. The van der Waals surface area contributed by atoms with E-state index in [2.05, 4.69) is 58.6 Å². The quantitative estimate of drug-likeness (QED) is 0.801. The number of hydrogen-bond acceptors (Lipinski definition) is 4. The summed E-state index contributed by atoms with van der Waals surface area (Å²) in [7, 11) is 1.70. The Hall–Kier alpha value is -0.430. The maximum absolute atomic E-state index is 5.44. The first kappa shape index (κ1) is 14.6. The Morgan fingerprint density at radius 3 is 2.71 bits per heavy atom. The predicted octanol–water partition coefficient (Wildman–Crippen LogP) is 3.25. The minimum absolute atomic E-state index is 0.0471. The summed E-state index contributed by atoms with van der Waals surface area (Å²) < 4.78 is 6.48. The fourth-order valence-electron chi connectivity index (χ4n) is 1.56. The Morgan fingerprint density at radius 1 is 1.47 bits per heavy atom. The van der Waals surface area contributed by atoms with E-state index in [9.17, 15) is 0 Å². The molecule has 0 aromatic carbocycles. The van der Waals surface area contributed by atoms with Gasteiger partial charge in [-0.2, -0.15) is 0 Å². The van der Waals surface area contributed by atoms with E-state index in [1.807, 2.05) is 6.20 Å². The van der Waals surface area contributed by atoms with Gasteiger partial charge in [0.15, 0.2) is 5.82 Å². The third-order valence-electron chi connectivity index (χ3n) is 2.42. The molecule has 17 heavy (non-hydrogen) atoms. The van der Waals surface area contributed by atoms with Crippen molar-refractivity contribution in [3.8, 4) is 0 Å². The Morgan fingerprint density at radius 2 is 2.18 bits per heavy atom. The number of hydrogen-bond donors (Lipinski definition) is 1. The SMILES string of the molecule is CCCNc1nc(C(OC)C(C)C)ncc1I. The van der Waals surface area contributed by atoms with Crippen LogP contribution in [-0.4, -0.2) is 23.6 Å². The van der Waals surface area contributed by atoms with Gasteiger partial charge in [0, 0.05) is 19.9 Å². The molecule has 0 saturated carbocycles. The molecule has 5 heteroatoms. The fourth-order valence-corrected chi connectivity index (χ4v) is 2.01. The Balaban J connectivity index is 2.93. The average molecular weight is 349 g/mol. The van der Waals surface area contributed by atoms with E-state index in [0.717, 1.165) is 28.2 Å². The van der Waals surface area contributed by atoms with Crippen LogP contribution in [0.5, 0.6) is 0 Å². The van der Waals surface area contributed by atoms with E-state index >= 15 is 0 Å². The first-order valence-electron chi connectivity index (χ1n) is 5.89. The van der Waals surface area contributed by atoms with Gasteiger partial charge < -0.3 is 10.1 Å². The van der Waals surface area contributed by atoms with E-state index in [0.29, 0.717) is 5.92 Å². The molecule has 0 amide bonds. The molecule has 0 saturated heterocycles. The second-order valence-electron chi connectivity index (χ2n) is 4.25. The highest BCUT2D eigenvalue weighted by Gasteiger charge is 2.19. The average Bonchev–Trinajstić information content (AvgIpc) is 2.30. The molecule has 1 heterocycles. The summed E-state index contributed by atoms with van der Waals surface area (Å²) in [6.45, 7) is 7.27. The molecule has 0 radical (unpaired) electrons. The van der Waals surface area contributed by atoms with Crippen LogP contribution in [0.3, 0.4) is 0 Å². The van der Waals surface area contributed by atoms with Gasteiger partial charge in [-0.25, -0.2) is 9.97 Å². The topological polar surface area (TPSA) is 47.0 Å². The summed E-state index contributed by atoms with van der Waals surface area (Å²) in [6, 6.07) is 0. The lowest BCUT2D eigenvalue weighted by Crippen LogP contribution is -2.15. The highest BCUT2D eigenvalue weighted by atomic mass is 127. The molecule has 0 fully saturated rings. The molecule has 1 N–H and O–H groups in total. The van der Waals surface area contributed by atoms with Crippen LogP contribution in [0.4, 0.5) is 5.82 Å². The summed E-state index contributed by atoms with van der Waals surface area (Å²) >= 11 is 2.24. The molecule has 1 atom stereocenters. The van der Waals surface area contributed by atoms with Crippen LogP contribution < -0.4 is 5.32 Å². The molecule has 0 bridgehead atoms. The third-order valence-corrected chi connectivity index (χ3v) is 3.21. The van der Waals surface area contributed by atoms with Gasteiger partial charge in [0.25, 0.3) is 0 Å². The van der Waals surface area contributed by atoms with Crippen LogP contribution in [0.1, 0.15) is 39.1 Å². The van der Waals surface area contributed by atoms with Gasteiger partial charge >= 0.3 is 0 Å². The van der Waals surface area contributed by atoms with Crippen LogP contribution in [0.2, 0.25) is 0 Å². The molecule has 0 aliphatic heterocycles. The lowest BCUT2D eigenvalue weighted by molar-refractivity contribution is 0.0575. The molecule has 1 rings (SSSR count). The van der Waals surface area contributed by atoms with Crippen molar-refractivity contribution in [2.24, 2.45) is 5.92 Å². The van der Waals surface area contributed by atoms with Crippen molar-refractivity contribution in [2.45, 2.75) is 33.3 Å². The maximum Gasteiger partial charge on any atom is 0.159 e. The minimum Gasteiger partial charge on any atom is -0.373 e. The van der Waals surface area contributed by atoms with E-state index in [1.165, 1.54) is 0 Å². The lowest BCUT2D eigenvalue weighted by atomic mass is 10.1. The normalized spacial score (nSPS) is 12.8. The van der Waals surface area contributed by atoms with Gasteiger partial charge in [0.1, 0.15) is 11.9 Å². The molecule has 0 aliphatic carbocycles. The molecule has 4 nitrogen and oxygen atoms in total. The summed E-state index contributed by atoms with van der Waals surface area (Å²) in [6.07, 6.45) is 2.87. The van der Waals surface area contributed by atoms with Crippen LogP contribution in [-0.2, 0) is 4.74 Å². The number of anilines is 1. The predicted molar refractivity (Wildman–Crippen MR) is 78.1 cm³/mol. The second kappa shape index (κ2) is 7.10. The first-order chi connectivity index (χ1) is 8.10. The second-order valence-corrected chi connectivity index (χ2v) is 5.41. The van der Waals surface area contributed by atoms with Crippen LogP contribution >= 0.6 is 22.6 Å². The van der Waals surface area contributed by atoms with Crippen molar-refractivity contribution < 1.29 is 4.74 Å². The maximum atomic E-state index is 5.44. The number of aromatic nitrogens is 2. The molecular formula is C12H20IN3O. The zero-order chi connectivity index (χ0) is 12.8. The standard InChI is InChI=1S/C12H20IN3O/c1-5-6-14-11-9(13)7-15-12(16-11)10(17-4)8(2)3/h7-8,10H,5-6H2,1-4H3,(H,14,15,16). The number of methoxy groups -OCH3 is 1. The zero-order valence-electron chi connectivity index (χ0n) is 10.8. The highest BCUT2D eigenvalue weighted by molar-refractivity contribution is 14.1. The molecular weight excluding hydrogens is 329 g/mol. The molecule has 96 valence electrons. The summed E-state index contributed by atoms with van der Waals surface area (Å²) in [5.74, 6) is 2.01. The third kappa shape index (κ3) is 4.06. The van der Waals surface area contributed by atoms with Crippen LogP contribution in [0, 0.1) is 9.49 Å². The van der Waals surface area contributed by atoms with E-state index in [1.54, 1.807) is 7.11 Å². The number of ether oxygens (including phenoxy) is 1. The van der Waals surface area contributed by atoms with Gasteiger partial charge in [-0.3, -0.25) is 0 Å². The number of rotatable bonds is 6. The Kier molecular flexibility index (Phi) is 6.11. The van der Waals surface area contributed by atoms with E-state index < -0.39 is 0 Å². The van der Waals surface area contributed by atoms with Crippen molar-refractivity contribution in [3.05, 3.63) is 15.6 Å². The number of nitrogens with one attached hydrogen (secondary N) is 1. The van der Waals surface area contributed by atoms with Crippen LogP contribution in [0.15, 0.2) is 6.20 Å². The first-order valence-corrected chi connectivity index (χ1v) is 6.97. The molecule has 1 aromatic rings. The van der Waals surface area contributed by atoms with Crippen molar-refractivity contribution in [1.82, 2.24) is 9.97 Å². The molecule has 1 aromatic heterocycles. The summed E-state index contributed by atoms with van der Waals surface area (Å²) in [5, 5.41) is 3.31. The molecule has 0 aliphatic rings. The molecule has 1 unspecified atom stereocenters. The monoisotopic (exact) mass is 349 g/mol. The summed E-state index contributed by atoms with van der Waals surface area (Å²) in [4.78, 5) is 8.90. The number of halogens is 1. The van der Waals surface area contributed by atoms with Gasteiger partial charge in [-0.1, -0.05) is 20.8 Å². The Labute approximate surface area is 117 Å². The zero-order valence-corrected chi connectivity index (χ0v) is 13.0. The fraction of sp³-hybridized carbons (Fsp3) is 0.667. The Bertz CT molecular complexity index is 358. The highest BCUT2D eigenvalue weighted by Crippen LogP contribution is 2.24. The largest absolute Gasteiger partial charge is 0.373 e. The summed E-state index contributed by atoms with van der Waals surface area (Å²) in [5.41, 5.74) is 0. The van der Waals surface area contributed by atoms with Gasteiger partial charge in [-0.15, -0.1) is 0 Å². The minimum atomic E-state index is -0.0471. The van der Waals surface area contributed by atoms with Gasteiger partial charge in [0.2, 0.25) is 0 Å². The van der Waals surface area contributed by atoms with Crippen LogP contribution in [0.25, 0.3) is 0 Å². The van der Waals surface area contributed by atoms with E-state index in [-0.39, 0.29) is 6.10 Å². The van der Waals surface area contributed by atoms with Crippen molar-refractivity contribution >= 4 is 28.4 Å². The van der Waals surface area contributed by atoms with Crippen molar-refractivity contribution in [2.75, 3.05) is 19.0 Å². The lowest BCUT2D eigenvalue weighted by Gasteiger charge is -2.18. The van der Waals surface area contributed by atoms with Gasteiger partial charge in [0.05, 0.1) is 3.57 Å². The smallest absolute Gasteiger partial charge is 0.159 e. The van der Waals surface area contributed by atoms with E-state index in [4.69, 9.17) is 4.74 Å². The van der Waals surface area contributed by atoms with Crippen molar-refractivity contribution in [3.63, 3.8) is 0 Å². The van der Waals surface area contributed by atoms with Crippen molar-refractivity contribution in [1.29, 1.82) is 0 Å².